The molecule has 2 aliphatic rings. The number of imidazole rings is 1. The van der Waals surface area contributed by atoms with Gasteiger partial charge in [0.25, 0.3) is 16.1 Å². The van der Waals surface area contributed by atoms with Crippen LogP contribution in [0.25, 0.3) is 5.65 Å². The van der Waals surface area contributed by atoms with Crippen molar-refractivity contribution in [2.75, 3.05) is 30.0 Å². The number of hydrogen-bond donors (Lipinski definition) is 4. The summed E-state index contributed by atoms with van der Waals surface area (Å²) in [5.74, 6) is -0.226. The van der Waals surface area contributed by atoms with Crippen molar-refractivity contribution < 1.29 is 17.6 Å². The lowest BCUT2D eigenvalue weighted by atomic mass is 9.92. The molecule has 198 valence electrons. The van der Waals surface area contributed by atoms with E-state index in [2.05, 4.69) is 35.7 Å². The minimum absolute atomic E-state index is 0.0169. The Hall–Kier alpha value is -3.36. The molecule has 0 aliphatic heterocycles. The molecule has 2 aliphatic carbocycles. The van der Waals surface area contributed by atoms with Gasteiger partial charge in [0.15, 0.2) is 23.0 Å². The maximum Gasteiger partial charge on any atom is 0.279 e. The molecule has 0 saturated heterocycles. The summed E-state index contributed by atoms with van der Waals surface area (Å²) in [6.45, 7) is 0. The lowest BCUT2D eigenvalue weighted by Crippen LogP contribution is -2.44. The van der Waals surface area contributed by atoms with Crippen molar-refractivity contribution in [3.63, 3.8) is 0 Å². The predicted octanol–water partition coefficient (Wildman–Crippen LogP) is 2.21. The van der Waals surface area contributed by atoms with Gasteiger partial charge in [0.1, 0.15) is 5.82 Å². The van der Waals surface area contributed by atoms with Crippen molar-refractivity contribution in [1.82, 2.24) is 28.6 Å². The van der Waals surface area contributed by atoms with E-state index in [4.69, 9.17) is 0 Å². The van der Waals surface area contributed by atoms with Crippen molar-refractivity contribution in [3.05, 3.63) is 42.1 Å². The van der Waals surface area contributed by atoms with Crippen LogP contribution < -0.4 is 20.7 Å². The summed E-state index contributed by atoms with van der Waals surface area (Å²) in [5, 5.41) is 13.9. The first kappa shape index (κ1) is 25.3. The van der Waals surface area contributed by atoms with Gasteiger partial charge in [-0.25, -0.2) is 13.9 Å². The summed E-state index contributed by atoms with van der Waals surface area (Å²) in [7, 11) is -0.467. The zero-order valence-corrected chi connectivity index (χ0v) is 21.4. The Kier molecular flexibility index (Phi) is 6.96. The van der Waals surface area contributed by atoms with Crippen LogP contribution >= 0.6 is 0 Å². The Morgan fingerprint density at radius 2 is 1.70 bits per heavy atom. The van der Waals surface area contributed by atoms with Crippen LogP contribution in [0.2, 0.25) is 0 Å². The van der Waals surface area contributed by atoms with Crippen LogP contribution in [-0.4, -0.2) is 70.4 Å². The number of hydrogen-bond acceptors (Lipinski definition) is 8. The van der Waals surface area contributed by atoms with Crippen LogP contribution in [0.1, 0.15) is 49.0 Å². The highest BCUT2D eigenvalue weighted by molar-refractivity contribution is 7.87. The minimum Gasteiger partial charge on any atom is -0.366 e. The topological polar surface area (TPSA) is 146 Å². The minimum atomic E-state index is -3.47. The Morgan fingerprint density at radius 1 is 1.03 bits per heavy atom. The molecule has 3 heterocycles. The molecule has 2 saturated carbocycles. The normalized spacial score (nSPS) is 20.2. The molecule has 0 aromatic carbocycles. The van der Waals surface area contributed by atoms with Crippen LogP contribution in [-0.2, 0) is 10.2 Å². The number of amides is 1. The molecule has 2 fully saturated rings. The van der Waals surface area contributed by atoms with Crippen LogP contribution in [0, 0.1) is 5.82 Å². The molecule has 3 aromatic rings. The second-order valence-electron chi connectivity index (χ2n) is 9.62. The third-order valence-electron chi connectivity index (χ3n) is 6.51. The Labute approximate surface area is 214 Å². The smallest absolute Gasteiger partial charge is 0.279 e. The number of halogens is 1. The first-order valence-corrected chi connectivity index (χ1v) is 13.7. The maximum absolute atomic E-state index is 14.1. The average molecular weight is 532 g/mol. The first-order chi connectivity index (χ1) is 17.7. The standard InChI is InChI=1S/C23H30FN9O3S/c1-32(2)37(35,36)31-16-7-5-14(6-8-16)26-19-9-10-20-29-22(27-15-3-4-15)21(33(20)30-19)23(34)28-18-11-12-25-13-17(18)24/h9-16,27,31H,3-8H2,1-2H3,(H,26,30)(H,25,28,34)/t14-,16-. The van der Waals surface area contributed by atoms with Gasteiger partial charge in [0, 0.05) is 38.4 Å². The van der Waals surface area contributed by atoms with Crippen LogP contribution in [0.4, 0.5) is 21.7 Å². The van der Waals surface area contributed by atoms with Gasteiger partial charge in [-0.05, 0) is 56.7 Å². The fourth-order valence-electron chi connectivity index (χ4n) is 4.27. The largest absolute Gasteiger partial charge is 0.366 e. The molecule has 0 bridgehead atoms. The second-order valence-corrected chi connectivity index (χ2v) is 11.5. The maximum atomic E-state index is 14.1. The summed E-state index contributed by atoms with van der Waals surface area (Å²) >= 11 is 0. The molecular weight excluding hydrogens is 501 g/mol. The molecule has 0 atom stereocenters. The third-order valence-corrected chi connectivity index (χ3v) is 8.10. The molecule has 12 nitrogen and oxygen atoms in total. The lowest BCUT2D eigenvalue weighted by molar-refractivity contribution is 0.102. The number of carbonyl (C=O) groups is 1. The van der Waals surface area contributed by atoms with E-state index in [9.17, 15) is 17.6 Å². The van der Waals surface area contributed by atoms with Gasteiger partial charge in [0.05, 0.1) is 11.9 Å². The molecular formula is C23H30FN9O3S. The van der Waals surface area contributed by atoms with Crippen LogP contribution in [0.3, 0.4) is 0 Å². The number of nitrogens with zero attached hydrogens (tertiary/aromatic N) is 5. The Bertz CT molecular complexity index is 1400. The fraction of sp³-hybridized carbons (Fsp3) is 0.478. The molecule has 3 aromatic heterocycles. The summed E-state index contributed by atoms with van der Waals surface area (Å²) in [5.41, 5.74) is 0.683. The number of rotatable bonds is 9. The molecule has 0 unspecified atom stereocenters. The SMILES string of the molecule is CN(C)S(=O)(=O)N[C@H]1CC[C@H](Nc2ccc3nc(NC4CC4)c(C(=O)Nc4ccncc4F)n3n2)CC1. The molecule has 0 radical (unpaired) electrons. The van der Waals surface area contributed by atoms with E-state index >= 15 is 0 Å². The summed E-state index contributed by atoms with van der Waals surface area (Å²) in [4.78, 5) is 21.5. The Morgan fingerprint density at radius 3 is 2.38 bits per heavy atom. The second kappa shape index (κ2) is 10.2. The number of aromatic nitrogens is 4. The lowest BCUT2D eigenvalue weighted by Gasteiger charge is -2.30. The van der Waals surface area contributed by atoms with Gasteiger partial charge >= 0.3 is 0 Å². The summed E-state index contributed by atoms with van der Waals surface area (Å²) in [6.07, 6.45) is 7.31. The molecule has 4 N–H and O–H groups in total. The number of nitrogens with one attached hydrogen (secondary N) is 4. The van der Waals surface area contributed by atoms with Crippen molar-refractivity contribution in [1.29, 1.82) is 0 Å². The van der Waals surface area contributed by atoms with Crippen molar-refractivity contribution in [3.8, 4) is 0 Å². The number of pyridine rings is 1. The zero-order valence-electron chi connectivity index (χ0n) is 20.6. The summed E-state index contributed by atoms with van der Waals surface area (Å²) in [6, 6.07) is 5.18. The van der Waals surface area contributed by atoms with Crippen LogP contribution in [0.15, 0.2) is 30.6 Å². The van der Waals surface area contributed by atoms with E-state index in [-0.39, 0.29) is 29.5 Å². The number of anilines is 3. The third kappa shape index (κ3) is 5.81. The summed E-state index contributed by atoms with van der Waals surface area (Å²) < 4.78 is 43.7. The van der Waals surface area contributed by atoms with Crippen molar-refractivity contribution in [2.24, 2.45) is 0 Å². The van der Waals surface area contributed by atoms with Crippen molar-refractivity contribution in [2.45, 2.75) is 56.7 Å². The number of fused-ring (bicyclic) bond motifs is 1. The molecule has 0 spiro atoms. The van der Waals surface area contributed by atoms with E-state index in [0.29, 0.717) is 30.1 Å². The monoisotopic (exact) mass is 531 g/mol. The van der Waals surface area contributed by atoms with Gasteiger partial charge < -0.3 is 16.0 Å². The van der Waals surface area contributed by atoms with E-state index in [1.165, 1.54) is 35.2 Å². The zero-order chi connectivity index (χ0) is 26.2. The van der Waals surface area contributed by atoms with E-state index in [1.54, 1.807) is 12.1 Å². The molecule has 14 heteroatoms. The highest BCUT2D eigenvalue weighted by Crippen LogP contribution is 2.28. The van der Waals surface area contributed by atoms with Crippen molar-refractivity contribution >= 4 is 39.1 Å². The fourth-order valence-corrected chi connectivity index (χ4v) is 5.14. The number of carbonyl (C=O) groups excluding carboxylic acids is 1. The first-order valence-electron chi connectivity index (χ1n) is 12.2. The van der Waals surface area contributed by atoms with E-state index < -0.39 is 21.9 Å². The average Bonchev–Trinajstić information content (AvgIpc) is 3.60. The van der Waals surface area contributed by atoms with E-state index in [1.807, 2.05) is 0 Å². The predicted molar refractivity (Wildman–Crippen MR) is 137 cm³/mol. The molecule has 1 amide bonds. The van der Waals surface area contributed by atoms with Gasteiger partial charge in [-0.15, -0.1) is 5.10 Å². The van der Waals surface area contributed by atoms with Gasteiger partial charge in [-0.2, -0.15) is 17.4 Å². The van der Waals surface area contributed by atoms with Crippen LogP contribution in [0.5, 0.6) is 0 Å². The molecule has 5 rings (SSSR count). The van der Waals surface area contributed by atoms with Gasteiger partial charge in [-0.3, -0.25) is 9.78 Å². The Balaban J connectivity index is 1.33. The molecule has 37 heavy (non-hydrogen) atoms. The quantitative estimate of drug-likeness (QED) is 0.329. The van der Waals surface area contributed by atoms with Gasteiger partial charge in [-0.1, -0.05) is 0 Å². The van der Waals surface area contributed by atoms with Gasteiger partial charge in [0.2, 0.25) is 0 Å². The highest BCUT2D eigenvalue weighted by Gasteiger charge is 2.29. The van der Waals surface area contributed by atoms with E-state index in [0.717, 1.165) is 31.9 Å². The highest BCUT2D eigenvalue weighted by atomic mass is 32.2.